The third-order valence-corrected chi connectivity index (χ3v) is 6.36. The number of aliphatic imine (C=N–C) groups is 1. The molecule has 3 aromatic rings. The Hall–Kier alpha value is -3.98. The van der Waals surface area contributed by atoms with E-state index in [1.54, 1.807) is 30.3 Å². The van der Waals surface area contributed by atoms with Gasteiger partial charge in [-0.1, -0.05) is 60.7 Å². The van der Waals surface area contributed by atoms with Crippen LogP contribution in [0.15, 0.2) is 88.8 Å². The van der Waals surface area contributed by atoms with E-state index in [-0.39, 0.29) is 10.7 Å². The molecule has 0 radical (unpaired) electrons. The van der Waals surface area contributed by atoms with Crippen molar-refractivity contribution in [2.45, 2.75) is 17.9 Å². The summed E-state index contributed by atoms with van der Waals surface area (Å²) in [5.41, 5.74) is 2.75. The predicted molar refractivity (Wildman–Crippen MR) is 124 cm³/mol. The van der Waals surface area contributed by atoms with E-state index in [0.29, 0.717) is 11.3 Å². The Morgan fingerprint density at radius 1 is 0.939 bits per heavy atom. The number of sulfonamides is 1. The Morgan fingerprint density at radius 2 is 1.58 bits per heavy atom. The number of rotatable bonds is 6. The number of fused-ring (bicyclic) bond motifs is 1. The maximum Gasteiger partial charge on any atom is 0.331 e. The molecule has 1 amide bonds. The quantitative estimate of drug-likeness (QED) is 0.546. The summed E-state index contributed by atoms with van der Waals surface area (Å²) in [5, 5.41) is 2.76. The van der Waals surface area contributed by atoms with E-state index in [1.165, 1.54) is 13.0 Å². The first-order valence-corrected chi connectivity index (χ1v) is 11.6. The number of nitrogens with one attached hydrogen (secondary N) is 2. The van der Waals surface area contributed by atoms with Gasteiger partial charge in [0.1, 0.15) is 11.9 Å². The van der Waals surface area contributed by atoms with Gasteiger partial charge >= 0.3 is 5.97 Å². The van der Waals surface area contributed by atoms with E-state index in [1.807, 2.05) is 42.5 Å². The Balaban J connectivity index is 1.39. The Labute approximate surface area is 191 Å². The molecular formula is C24H21N3O5S. The van der Waals surface area contributed by atoms with Crippen LogP contribution in [0.5, 0.6) is 0 Å². The number of ether oxygens (including phenoxy) is 1. The molecule has 0 aliphatic carbocycles. The number of hydrogen-bond acceptors (Lipinski definition) is 6. The fourth-order valence-corrected chi connectivity index (χ4v) is 4.62. The number of hydrogen-bond donors (Lipinski definition) is 2. The average Bonchev–Trinajstić information content (AvgIpc) is 3.08. The third kappa shape index (κ3) is 4.93. The minimum absolute atomic E-state index is 0.0660. The molecule has 3 aromatic carbocycles. The number of esters is 1. The van der Waals surface area contributed by atoms with Crippen LogP contribution in [0.2, 0.25) is 0 Å². The number of nitrogens with zero attached hydrogens (tertiary/aromatic N) is 1. The molecule has 1 heterocycles. The molecule has 0 saturated carbocycles. The third-order valence-electron chi connectivity index (χ3n) is 4.96. The van der Waals surface area contributed by atoms with Crippen molar-refractivity contribution in [3.8, 4) is 11.1 Å². The van der Waals surface area contributed by atoms with Crippen LogP contribution in [0.25, 0.3) is 11.1 Å². The molecule has 4 rings (SSSR count). The lowest BCUT2D eigenvalue weighted by molar-refractivity contribution is -0.148. The average molecular weight is 464 g/mol. The van der Waals surface area contributed by atoms with Gasteiger partial charge in [0.15, 0.2) is 6.61 Å². The summed E-state index contributed by atoms with van der Waals surface area (Å²) < 4.78 is 31.8. The zero-order valence-electron chi connectivity index (χ0n) is 17.7. The first-order valence-electron chi connectivity index (χ1n) is 10.2. The van der Waals surface area contributed by atoms with Crippen molar-refractivity contribution in [1.29, 1.82) is 0 Å². The van der Waals surface area contributed by atoms with Crippen LogP contribution in [0.1, 0.15) is 12.5 Å². The second-order valence-corrected chi connectivity index (χ2v) is 8.97. The minimum atomic E-state index is -3.71. The molecule has 168 valence electrons. The number of benzene rings is 3. The van der Waals surface area contributed by atoms with Crippen LogP contribution in [0.4, 0.5) is 5.69 Å². The summed E-state index contributed by atoms with van der Waals surface area (Å²) >= 11 is 0. The fourth-order valence-electron chi connectivity index (χ4n) is 3.38. The molecule has 0 spiro atoms. The summed E-state index contributed by atoms with van der Waals surface area (Å²) in [6.07, 6.45) is 0. The lowest BCUT2D eigenvalue weighted by Crippen LogP contribution is -2.28. The molecule has 1 aliphatic heterocycles. The number of amidine groups is 1. The minimum Gasteiger partial charge on any atom is -0.454 e. The van der Waals surface area contributed by atoms with E-state index in [9.17, 15) is 18.0 Å². The highest BCUT2D eigenvalue weighted by atomic mass is 32.2. The van der Waals surface area contributed by atoms with E-state index in [0.717, 1.165) is 11.1 Å². The molecule has 33 heavy (non-hydrogen) atoms. The van der Waals surface area contributed by atoms with E-state index in [2.05, 4.69) is 15.0 Å². The molecule has 2 N–H and O–H groups in total. The van der Waals surface area contributed by atoms with Crippen LogP contribution >= 0.6 is 0 Å². The highest BCUT2D eigenvalue weighted by Crippen LogP contribution is 2.27. The summed E-state index contributed by atoms with van der Waals surface area (Å²) in [5.74, 6) is -1.19. The van der Waals surface area contributed by atoms with Gasteiger partial charge in [0, 0.05) is 16.8 Å². The van der Waals surface area contributed by atoms with Gasteiger partial charge in [0.25, 0.3) is 15.9 Å². The standard InChI is InChI=1S/C24H21N3O5S/c1-16(25-23-19-12-6-8-14-21(19)33(30,31)27-23)24(29)32-15-22(28)26-20-13-7-5-11-18(20)17-9-3-2-4-10-17/h2-14,16H,15H2,1H3,(H,25,27)(H,26,28)/t16-/m0/s1. The first-order chi connectivity index (χ1) is 15.8. The van der Waals surface area contributed by atoms with Gasteiger partial charge in [-0.15, -0.1) is 0 Å². The maximum absolute atomic E-state index is 12.4. The highest BCUT2D eigenvalue weighted by molar-refractivity contribution is 7.90. The topological polar surface area (TPSA) is 114 Å². The maximum atomic E-state index is 12.4. The molecule has 0 saturated heterocycles. The van der Waals surface area contributed by atoms with Crippen LogP contribution in [-0.4, -0.2) is 38.8 Å². The summed E-state index contributed by atoms with van der Waals surface area (Å²) in [7, 11) is -3.71. The van der Waals surface area contributed by atoms with Gasteiger partial charge in [-0.2, -0.15) is 0 Å². The molecule has 0 unspecified atom stereocenters. The van der Waals surface area contributed by atoms with Crippen LogP contribution in [-0.2, 0) is 24.3 Å². The zero-order chi connectivity index (χ0) is 23.4. The predicted octanol–water partition coefficient (Wildman–Crippen LogP) is 2.96. The summed E-state index contributed by atoms with van der Waals surface area (Å²) in [6, 6.07) is 22.2. The number of anilines is 1. The van der Waals surface area contributed by atoms with E-state index >= 15 is 0 Å². The Morgan fingerprint density at radius 3 is 2.33 bits per heavy atom. The molecule has 0 bridgehead atoms. The summed E-state index contributed by atoms with van der Waals surface area (Å²) in [6.45, 7) is 0.965. The monoisotopic (exact) mass is 463 g/mol. The molecule has 8 nitrogen and oxygen atoms in total. The largest absolute Gasteiger partial charge is 0.454 e. The second kappa shape index (κ2) is 9.25. The molecule has 1 aliphatic rings. The van der Waals surface area contributed by atoms with Gasteiger partial charge in [-0.05, 0) is 30.7 Å². The van der Waals surface area contributed by atoms with Gasteiger partial charge in [0.2, 0.25) is 0 Å². The number of carbonyl (C=O) groups excluding carboxylic acids is 2. The second-order valence-electron chi connectivity index (χ2n) is 7.32. The molecule has 0 aromatic heterocycles. The lowest BCUT2D eigenvalue weighted by atomic mass is 10.0. The molecule has 1 atom stereocenters. The van der Waals surface area contributed by atoms with Gasteiger partial charge in [-0.3, -0.25) is 14.5 Å². The zero-order valence-corrected chi connectivity index (χ0v) is 18.5. The van der Waals surface area contributed by atoms with Crippen LogP contribution in [0, 0.1) is 0 Å². The number of amides is 1. The fraction of sp³-hybridized carbons (Fsp3) is 0.125. The van der Waals surface area contributed by atoms with Crippen molar-refractivity contribution >= 4 is 33.4 Å². The first kappa shape index (κ1) is 22.2. The molecule has 0 fully saturated rings. The van der Waals surface area contributed by atoms with Gasteiger partial charge < -0.3 is 10.1 Å². The smallest absolute Gasteiger partial charge is 0.331 e. The van der Waals surface area contributed by atoms with Crippen molar-refractivity contribution in [2.24, 2.45) is 4.99 Å². The number of para-hydroxylation sites is 1. The van der Waals surface area contributed by atoms with Gasteiger partial charge in [0.05, 0.1) is 4.90 Å². The molecule has 9 heteroatoms. The van der Waals surface area contributed by atoms with Crippen LogP contribution in [0.3, 0.4) is 0 Å². The van der Waals surface area contributed by atoms with Crippen molar-refractivity contribution < 1.29 is 22.7 Å². The van der Waals surface area contributed by atoms with Crippen molar-refractivity contribution in [1.82, 2.24) is 4.72 Å². The normalized spacial score (nSPS) is 15.8. The van der Waals surface area contributed by atoms with E-state index < -0.39 is 34.5 Å². The Kier molecular flexibility index (Phi) is 6.23. The van der Waals surface area contributed by atoms with E-state index in [4.69, 9.17) is 4.74 Å². The summed E-state index contributed by atoms with van der Waals surface area (Å²) in [4.78, 5) is 29.0. The highest BCUT2D eigenvalue weighted by Gasteiger charge is 2.31. The Bertz CT molecular complexity index is 1340. The SMILES string of the molecule is C[C@H](N=C1NS(=O)(=O)c2ccccc21)C(=O)OCC(=O)Nc1ccccc1-c1ccccc1. The lowest BCUT2D eigenvalue weighted by Gasteiger charge is -2.12. The van der Waals surface area contributed by atoms with Crippen molar-refractivity contribution in [3.63, 3.8) is 0 Å². The molecular weight excluding hydrogens is 442 g/mol. The van der Waals surface area contributed by atoms with Gasteiger partial charge in [-0.25, -0.2) is 13.2 Å². The number of carbonyl (C=O) groups is 2. The van der Waals surface area contributed by atoms with Crippen molar-refractivity contribution in [2.75, 3.05) is 11.9 Å². The van der Waals surface area contributed by atoms with Crippen molar-refractivity contribution in [3.05, 3.63) is 84.4 Å². The van der Waals surface area contributed by atoms with Crippen LogP contribution < -0.4 is 10.0 Å².